The summed E-state index contributed by atoms with van der Waals surface area (Å²) in [5, 5.41) is 2.14. The zero-order valence-electron chi connectivity index (χ0n) is 10.6. The number of halogens is 1. The molecule has 2 N–H and O–H groups in total. The largest absolute Gasteiger partial charge is 0.329 e. The van der Waals surface area contributed by atoms with Crippen LogP contribution < -0.4 is 5.73 Å². The predicted molar refractivity (Wildman–Crippen MR) is 84.0 cm³/mol. The summed E-state index contributed by atoms with van der Waals surface area (Å²) in [5.41, 5.74) is 6.03. The molecule has 2 aromatic rings. The van der Waals surface area contributed by atoms with Gasteiger partial charge in [-0.25, -0.2) is 0 Å². The molecule has 1 saturated carbocycles. The van der Waals surface area contributed by atoms with Gasteiger partial charge in [0.1, 0.15) is 0 Å². The van der Waals surface area contributed by atoms with E-state index in [0.717, 1.165) is 10.9 Å². The van der Waals surface area contributed by atoms with Crippen LogP contribution in [0.1, 0.15) is 28.6 Å². The maximum Gasteiger partial charge on any atom is 0.0931 e. The summed E-state index contributed by atoms with van der Waals surface area (Å²) in [5.74, 6) is 0. The molecular formula is C14H17ClN2S2. The Kier molecular flexibility index (Phi) is 4.24. The molecule has 2 heterocycles. The molecule has 0 radical (unpaired) electrons. The summed E-state index contributed by atoms with van der Waals surface area (Å²) in [6.45, 7) is 1.65. The Hall–Kier alpha value is -0.390. The SMILES string of the molecule is NCC(c1ccc(Cl)s1)N(Cc1cccs1)C1CC1. The van der Waals surface area contributed by atoms with Crippen LogP contribution in [-0.2, 0) is 6.54 Å². The molecule has 0 aliphatic heterocycles. The number of nitrogens with zero attached hydrogens (tertiary/aromatic N) is 1. The molecule has 0 saturated heterocycles. The van der Waals surface area contributed by atoms with Crippen LogP contribution in [0.4, 0.5) is 0 Å². The van der Waals surface area contributed by atoms with Gasteiger partial charge in [0.05, 0.1) is 10.4 Å². The zero-order valence-corrected chi connectivity index (χ0v) is 13.0. The minimum absolute atomic E-state index is 0.298. The van der Waals surface area contributed by atoms with Gasteiger partial charge >= 0.3 is 0 Å². The van der Waals surface area contributed by atoms with E-state index in [2.05, 4.69) is 28.5 Å². The second-order valence-corrected chi connectivity index (χ2v) is 7.66. The second kappa shape index (κ2) is 5.94. The van der Waals surface area contributed by atoms with E-state index in [9.17, 15) is 0 Å². The Morgan fingerprint density at radius 1 is 1.37 bits per heavy atom. The molecule has 5 heteroatoms. The zero-order chi connectivity index (χ0) is 13.2. The van der Waals surface area contributed by atoms with Crippen molar-refractivity contribution in [1.82, 2.24) is 4.90 Å². The summed E-state index contributed by atoms with van der Waals surface area (Å²) in [6, 6.07) is 9.40. The van der Waals surface area contributed by atoms with Crippen LogP contribution in [0, 0.1) is 0 Å². The third-order valence-corrected chi connectivity index (χ3v) is 5.67. The van der Waals surface area contributed by atoms with Gasteiger partial charge in [-0.15, -0.1) is 22.7 Å². The average Bonchev–Trinajstić information content (AvgIpc) is 2.95. The maximum absolute atomic E-state index is 6.07. The molecule has 19 heavy (non-hydrogen) atoms. The van der Waals surface area contributed by atoms with Crippen molar-refractivity contribution in [3.63, 3.8) is 0 Å². The van der Waals surface area contributed by atoms with Crippen LogP contribution >= 0.6 is 34.3 Å². The Morgan fingerprint density at radius 2 is 2.21 bits per heavy atom. The Labute approximate surface area is 126 Å². The highest BCUT2D eigenvalue weighted by molar-refractivity contribution is 7.16. The molecule has 102 valence electrons. The van der Waals surface area contributed by atoms with Gasteiger partial charge in [-0.3, -0.25) is 4.90 Å². The first-order valence-corrected chi connectivity index (χ1v) is 8.59. The molecule has 1 unspecified atom stereocenters. The molecule has 0 aromatic carbocycles. The Balaban J connectivity index is 1.81. The fourth-order valence-electron chi connectivity index (χ4n) is 2.40. The van der Waals surface area contributed by atoms with Gasteiger partial charge in [0.15, 0.2) is 0 Å². The van der Waals surface area contributed by atoms with Gasteiger partial charge < -0.3 is 5.73 Å². The van der Waals surface area contributed by atoms with Crippen LogP contribution in [0.25, 0.3) is 0 Å². The predicted octanol–water partition coefficient (Wildman–Crippen LogP) is 4.13. The van der Waals surface area contributed by atoms with Crippen molar-refractivity contribution in [2.45, 2.75) is 31.5 Å². The molecule has 2 nitrogen and oxygen atoms in total. The van der Waals surface area contributed by atoms with Crippen molar-refractivity contribution < 1.29 is 0 Å². The van der Waals surface area contributed by atoms with E-state index in [1.165, 1.54) is 22.6 Å². The van der Waals surface area contributed by atoms with Crippen molar-refractivity contribution in [2.24, 2.45) is 5.73 Å². The molecule has 2 aromatic heterocycles. The van der Waals surface area contributed by atoms with Crippen molar-refractivity contribution >= 4 is 34.3 Å². The summed E-state index contributed by atoms with van der Waals surface area (Å²) >= 11 is 9.54. The summed E-state index contributed by atoms with van der Waals surface area (Å²) in [4.78, 5) is 5.25. The minimum atomic E-state index is 0.298. The highest BCUT2D eigenvalue weighted by atomic mass is 35.5. The van der Waals surface area contributed by atoms with Crippen molar-refractivity contribution in [1.29, 1.82) is 0 Å². The van der Waals surface area contributed by atoms with E-state index in [1.807, 2.05) is 17.4 Å². The number of rotatable bonds is 6. The summed E-state index contributed by atoms with van der Waals surface area (Å²) < 4.78 is 0.848. The number of nitrogens with two attached hydrogens (primary N) is 1. The van der Waals surface area contributed by atoms with Gasteiger partial charge in [-0.2, -0.15) is 0 Å². The third kappa shape index (κ3) is 3.20. The molecule has 0 amide bonds. The smallest absolute Gasteiger partial charge is 0.0931 e. The first kappa shape index (κ1) is 13.6. The Morgan fingerprint density at radius 3 is 2.74 bits per heavy atom. The molecule has 1 fully saturated rings. The lowest BCUT2D eigenvalue weighted by atomic mass is 10.2. The molecule has 1 aliphatic rings. The van der Waals surface area contributed by atoms with E-state index in [1.54, 1.807) is 11.3 Å². The van der Waals surface area contributed by atoms with Gasteiger partial charge in [0, 0.05) is 28.9 Å². The van der Waals surface area contributed by atoms with E-state index >= 15 is 0 Å². The lowest BCUT2D eigenvalue weighted by Gasteiger charge is -2.30. The topological polar surface area (TPSA) is 29.3 Å². The van der Waals surface area contributed by atoms with Crippen LogP contribution in [0.3, 0.4) is 0 Å². The van der Waals surface area contributed by atoms with Crippen molar-refractivity contribution in [3.8, 4) is 0 Å². The molecule has 1 atom stereocenters. The normalized spacial score (nSPS) is 17.0. The third-order valence-electron chi connectivity index (χ3n) is 3.48. The molecule has 0 bridgehead atoms. The van der Waals surface area contributed by atoms with Gasteiger partial charge in [-0.05, 0) is 36.4 Å². The van der Waals surface area contributed by atoms with Crippen molar-refractivity contribution in [2.75, 3.05) is 6.54 Å². The quantitative estimate of drug-likeness (QED) is 0.869. The summed E-state index contributed by atoms with van der Waals surface area (Å²) in [6.07, 6.45) is 2.59. The minimum Gasteiger partial charge on any atom is -0.329 e. The lowest BCUT2D eigenvalue weighted by Crippen LogP contribution is -2.34. The highest BCUT2D eigenvalue weighted by Gasteiger charge is 2.34. The van der Waals surface area contributed by atoms with Gasteiger partial charge in [-0.1, -0.05) is 17.7 Å². The average molecular weight is 313 g/mol. The fourth-order valence-corrected chi connectivity index (χ4v) is 4.31. The lowest BCUT2D eigenvalue weighted by molar-refractivity contribution is 0.186. The van der Waals surface area contributed by atoms with Gasteiger partial charge in [0.2, 0.25) is 0 Å². The Bertz CT molecular complexity index is 519. The van der Waals surface area contributed by atoms with Crippen LogP contribution in [0.2, 0.25) is 4.34 Å². The second-order valence-electron chi connectivity index (χ2n) is 4.88. The standard InChI is InChI=1S/C14H17ClN2S2/c15-14-6-5-13(19-14)12(8-16)17(10-3-4-10)9-11-2-1-7-18-11/h1-2,5-7,10,12H,3-4,8-9,16H2. The first-order valence-electron chi connectivity index (χ1n) is 6.51. The molecule has 0 spiro atoms. The molecule has 3 rings (SSSR count). The summed E-state index contributed by atoms with van der Waals surface area (Å²) in [7, 11) is 0. The molecule has 1 aliphatic carbocycles. The highest BCUT2D eigenvalue weighted by Crippen LogP contribution is 2.38. The van der Waals surface area contributed by atoms with Crippen LogP contribution in [0.15, 0.2) is 29.6 Å². The van der Waals surface area contributed by atoms with Crippen LogP contribution in [-0.4, -0.2) is 17.5 Å². The molecular weight excluding hydrogens is 296 g/mol. The van der Waals surface area contributed by atoms with E-state index in [-0.39, 0.29) is 0 Å². The van der Waals surface area contributed by atoms with Crippen molar-refractivity contribution in [3.05, 3.63) is 43.7 Å². The number of hydrogen-bond donors (Lipinski definition) is 1. The van der Waals surface area contributed by atoms with E-state index in [4.69, 9.17) is 17.3 Å². The van der Waals surface area contributed by atoms with E-state index < -0.39 is 0 Å². The monoisotopic (exact) mass is 312 g/mol. The number of thiophene rings is 2. The number of hydrogen-bond acceptors (Lipinski definition) is 4. The van der Waals surface area contributed by atoms with E-state index in [0.29, 0.717) is 18.6 Å². The van der Waals surface area contributed by atoms with Crippen LogP contribution in [0.5, 0.6) is 0 Å². The van der Waals surface area contributed by atoms with Gasteiger partial charge in [0.25, 0.3) is 0 Å². The first-order chi connectivity index (χ1) is 9.28. The maximum atomic E-state index is 6.07. The fraction of sp³-hybridized carbons (Fsp3) is 0.429.